The Morgan fingerprint density at radius 2 is 2.05 bits per heavy atom. The average molecular weight is 280 g/mol. The molecule has 3 atom stereocenters. The highest BCUT2D eigenvalue weighted by Crippen LogP contribution is 2.32. The minimum atomic E-state index is 0.255. The van der Waals surface area contributed by atoms with Gasteiger partial charge in [0.15, 0.2) is 0 Å². The van der Waals surface area contributed by atoms with Gasteiger partial charge in [-0.15, -0.1) is 0 Å². The number of amides is 1. The second kappa shape index (κ2) is 8.02. The Morgan fingerprint density at radius 1 is 1.30 bits per heavy atom. The predicted octanol–water partition coefficient (Wildman–Crippen LogP) is 3.10. The minimum absolute atomic E-state index is 0.255. The molecule has 0 radical (unpaired) electrons. The van der Waals surface area contributed by atoms with E-state index in [-0.39, 0.29) is 5.92 Å². The second-order valence-electron chi connectivity index (χ2n) is 6.96. The summed E-state index contributed by atoms with van der Waals surface area (Å²) in [5.74, 6) is 1.95. The van der Waals surface area contributed by atoms with Crippen LogP contribution < -0.4 is 10.6 Å². The molecule has 1 saturated carbocycles. The van der Waals surface area contributed by atoms with Crippen LogP contribution in [0.25, 0.3) is 0 Å². The van der Waals surface area contributed by atoms with Crippen molar-refractivity contribution in [3.05, 3.63) is 0 Å². The van der Waals surface area contributed by atoms with Crippen LogP contribution in [0.5, 0.6) is 0 Å². The van der Waals surface area contributed by atoms with E-state index in [0.717, 1.165) is 44.7 Å². The molecule has 1 aliphatic carbocycles. The van der Waals surface area contributed by atoms with E-state index in [1.807, 2.05) is 0 Å². The van der Waals surface area contributed by atoms with E-state index in [1.54, 1.807) is 0 Å². The van der Waals surface area contributed by atoms with Crippen LogP contribution in [0.1, 0.15) is 65.2 Å². The zero-order valence-corrected chi connectivity index (χ0v) is 13.3. The molecule has 1 heterocycles. The topological polar surface area (TPSA) is 41.1 Å². The van der Waals surface area contributed by atoms with E-state index >= 15 is 0 Å². The zero-order valence-electron chi connectivity index (χ0n) is 13.3. The summed E-state index contributed by atoms with van der Waals surface area (Å²) in [5, 5.41) is 6.75. The van der Waals surface area contributed by atoms with Gasteiger partial charge >= 0.3 is 0 Å². The molecule has 20 heavy (non-hydrogen) atoms. The molecule has 0 aromatic heterocycles. The van der Waals surface area contributed by atoms with Crippen LogP contribution in [-0.4, -0.2) is 25.0 Å². The fourth-order valence-electron chi connectivity index (χ4n) is 3.88. The molecule has 116 valence electrons. The van der Waals surface area contributed by atoms with Gasteiger partial charge in [-0.2, -0.15) is 0 Å². The van der Waals surface area contributed by atoms with Crippen LogP contribution in [0.15, 0.2) is 0 Å². The van der Waals surface area contributed by atoms with E-state index in [2.05, 4.69) is 24.5 Å². The lowest BCUT2D eigenvalue weighted by molar-refractivity contribution is -0.127. The van der Waals surface area contributed by atoms with E-state index < -0.39 is 0 Å². The molecule has 0 aromatic carbocycles. The number of rotatable bonds is 6. The molecule has 2 rings (SSSR count). The first kappa shape index (κ1) is 15.8. The first-order chi connectivity index (χ1) is 9.70. The van der Waals surface area contributed by atoms with Crippen molar-refractivity contribution in [1.29, 1.82) is 0 Å². The summed E-state index contributed by atoms with van der Waals surface area (Å²) >= 11 is 0. The molecule has 0 aromatic rings. The second-order valence-corrected chi connectivity index (χ2v) is 6.96. The van der Waals surface area contributed by atoms with Gasteiger partial charge in [-0.3, -0.25) is 4.79 Å². The summed E-state index contributed by atoms with van der Waals surface area (Å²) in [6.45, 7) is 6.51. The molecule has 1 saturated heterocycles. The Bertz CT molecular complexity index is 299. The van der Waals surface area contributed by atoms with Crippen molar-refractivity contribution in [3.63, 3.8) is 0 Å². The average Bonchev–Trinajstić information content (AvgIpc) is 2.94. The Kier molecular flexibility index (Phi) is 6.34. The number of carbonyl (C=O) groups excluding carboxylic acids is 1. The van der Waals surface area contributed by atoms with Crippen molar-refractivity contribution in [2.24, 2.45) is 17.8 Å². The fraction of sp³-hybridized carbons (Fsp3) is 0.941. The summed E-state index contributed by atoms with van der Waals surface area (Å²) in [5.41, 5.74) is 0. The van der Waals surface area contributed by atoms with Crippen LogP contribution in [-0.2, 0) is 4.79 Å². The Balaban J connectivity index is 1.84. The molecule has 3 unspecified atom stereocenters. The lowest BCUT2D eigenvalue weighted by atomic mass is 9.88. The zero-order chi connectivity index (χ0) is 14.4. The number of hydrogen-bond acceptors (Lipinski definition) is 2. The van der Waals surface area contributed by atoms with Crippen LogP contribution in [0.3, 0.4) is 0 Å². The molecule has 0 bridgehead atoms. The third-order valence-corrected chi connectivity index (χ3v) is 5.21. The van der Waals surface area contributed by atoms with Gasteiger partial charge in [0.2, 0.25) is 5.91 Å². The van der Waals surface area contributed by atoms with Gasteiger partial charge < -0.3 is 10.6 Å². The number of hydrogen-bond donors (Lipinski definition) is 2. The summed E-state index contributed by atoms with van der Waals surface area (Å²) in [7, 11) is 0. The first-order valence-corrected chi connectivity index (χ1v) is 8.71. The quantitative estimate of drug-likeness (QED) is 0.785. The van der Waals surface area contributed by atoms with E-state index in [4.69, 9.17) is 0 Å². The summed E-state index contributed by atoms with van der Waals surface area (Å²) < 4.78 is 0. The van der Waals surface area contributed by atoms with Crippen LogP contribution >= 0.6 is 0 Å². The highest BCUT2D eigenvalue weighted by Gasteiger charge is 2.28. The van der Waals surface area contributed by atoms with Crippen molar-refractivity contribution in [2.75, 3.05) is 13.1 Å². The van der Waals surface area contributed by atoms with Gasteiger partial charge in [0, 0.05) is 12.0 Å². The van der Waals surface area contributed by atoms with Gasteiger partial charge in [-0.1, -0.05) is 46.0 Å². The number of carbonyl (C=O) groups is 1. The van der Waals surface area contributed by atoms with Gasteiger partial charge in [-0.05, 0) is 44.2 Å². The van der Waals surface area contributed by atoms with E-state index in [0.29, 0.717) is 17.9 Å². The lowest BCUT2D eigenvalue weighted by Gasteiger charge is -2.32. The molecule has 2 N–H and O–H groups in total. The Morgan fingerprint density at radius 3 is 2.70 bits per heavy atom. The lowest BCUT2D eigenvalue weighted by Crippen LogP contribution is -2.50. The Hall–Kier alpha value is -0.570. The molecule has 1 aliphatic heterocycles. The van der Waals surface area contributed by atoms with Crippen LogP contribution in [0.2, 0.25) is 0 Å². The van der Waals surface area contributed by atoms with E-state index in [9.17, 15) is 4.79 Å². The van der Waals surface area contributed by atoms with Crippen molar-refractivity contribution in [1.82, 2.24) is 10.6 Å². The number of nitrogens with one attached hydrogen (secondary N) is 2. The van der Waals surface area contributed by atoms with Crippen LogP contribution in [0, 0.1) is 17.8 Å². The molecule has 0 spiro atoms. The summed E-state index contributed by atoms with van der Waals surface area (Å²) in [6.07, 6.45) is 9.81. The highest BCUT2D eigenvalue weighted by atomic mass is 16.1. The molecule has 3 heteroatoms. The van der Waals surface area contributed by atoms with Crippen molar-refractivity contribution in [2.45, 2.75) is 71.3 Å². The summed E-state index contributed by atoms with van der Waals surface area (Å²) in [4.78, 5) is 12.6. The number of piperidine rings is 1. The molecular formula is C17H32N2O. The maximum atomic E-state index is 12.6. The van der Waals surface area contributed by atoms with Gasteiger partial charge in [0.05, 0.1) is 0 Å². The first-order valence-electron chi connectivity index (χ1n) is 8.71. The third kappa shape index (κ3) is 4.47. The highest BCUT2D eigenvalue weighted by molar-refractivity contribution is 5.79. The van der Waals surface area contributed by atoms with E-state index in [1.165, 1.54) is 25.7 Å². The maximum absolute atomic E-state index is 12.6. The molecule has 1 amide bonds. The fourth-order valence-corrected chi connectivity index (χ4v) is 3.88. The molecule has 2 fully saturated rings. The summed E-state index contributed by atoms with van der Waals surface area (Å²) in [6, 6.07) is 0.381. The third-order valence-electron chi connectivity index (χ3n) is 5.21. The van der Waals surface area contributed by atoms with Crippen molar-refractivity contribution in [3.8, 4) is 0 Å². The SMILES string of the molecule is CCCC(CC1CCCC1)C(=O)NC1CCNCC1C. The van der Waals surface area contributed by atoms with Gasteiger partial charge in [0.25, 0.3) is 0 Å². The van der Waals surface area contributed by atoms with Crippen molar-refractivity contribution < 1.29 is 4.79 Å². The standard InChI is InChI=1S/C17H32N2O/c1-3-6-15(11-14-7-4-5-8-14)17(20)19-16-9-10-18-12-13(16)2/h13-16,18H,3-12H2,1-2H3,(H,19,20). The molecule has 3 nitrogen and oxygen atoms in total. The molecule has 2 aliphatic rings. The van der Waals surface area contributed by atoms with Gasteiger partial charge in [0.1, 0.15) is 0 Å². The van der Waals surface area contributed by atoms with Gasteiger partial charge in [-0.25, -0.2) is 0 Å². The monoisotopic (exact) mass is 280 g/mol. The predicted molar refractivity (Wildman–Crippen MR) is 83.6 cm³/mol. The smallest absolute Gasteiger partial charge is 0.223 e. The maximum Gasteiger partial charge on any atom is 0.223 e. The normalized spacial score (nSPS) is 29.3. The van der Waals surface area contributed by atoms with Crippen molar-refractivity contribution >= 4 is 5.91 Å². The molecular weight excluding hydrogens is 248 g/mol. The van der Waals surface area contributed by atoms with Crippen LogP contribution in [0.4, 0.5) is 0 Å². The minimum Gasteiger partial charge on any atom is -0.353 e. The largest absolute Gasteiger partial charge is 0.353 e. The Labute approximate surface area is 124 Å².